The van der Waals surface area contributed by atoms with Gasteiger partial charge >= 0.3 is 0 Å². The van der Waals surface area contributed by atoms with Gasteiger partial charge in [-0.25, -0.2) is 15.0 Å². The molecule has 3 aromatic heterocycles. The van der Waals surface area contributed by atoms with E-state index >= 15 is 0 Å². The highest BCUT2D eigenvalue weighted by Gasteiger charge is 2.23. The topological polar surface area (TPSA) is 46.8 Å². The molecule has 0 aliphatic carbocycles. The van der Waals surface area contributed by atoms with E-state index in [9.17, 15) is 0 Å². The van der Waals surface area contributed by atoms with Crippen LogP contribution in [0.4, 0.5) is 5.82 Å². The minimum Gasteiger partial charge on any atom is -0.356 e. The summed E-state index contributed by atoms with van der Waals surface area (Å²) in [7, 11) is 0. The molecule has 130 valence electrons. The molecule has 1 fully saturated rings. The standard InChI is InChI=1S/C20H19N5S/c1-2-4-15(5-3-1)18-12-17-19(22-13-23-20(17)26-18)24-9-6-16(7-10-24)25-11-8-21-14-25/h1-5,8,11-14,16H,6-7,9-10H2. The van der Waals surface area contributed by atoms with Crippen LogP contribution in [0.25, 0.3) is 20.7 Å². The summed E-state index contributed by atoms with van der Waals surface area (Å²) >= 11 is 1.74. The van der Waals surface area contributed by atoms with Crippen molar-refractivity contribution in [3.63, 3.8) is 0 Å². The average Bonchev–Trinajstić information content (AvgIpc) is 3.38. The largest absolute Gasteiger partial charge is 0.356 e. The first-order valence-electron chi connectivity index (χ1n) is 8.91. The number of piperidine rings is 1. The van der Waals surface area contributed by atoms with Crippen LogP contribution >= 0.6 is 11.3 Å². The maximum Gasteiger partial charge on any atom is 0.140 e. The highest BCUT2D eigenvalue weighted by molar-refractivity contribution is 7.21. The zero-order valence-corrected chi connectivity index (χ0v) is 15.1. The molecule has 0 radical (unpaired) electrons. The molecule has 0 amide bonds. The van der Waals surface area contributed by atoms with E-state index in [2.05, 4.69) is 60.9 Å². The molecule has 4 aromatic rings. The second-order valence-electron chi connectivity index (χ2n) is 6.62. The highest BCUT2D eigenvalue weighted by atomic mass is 32.1. The number of imidazole rings is 1. The summed E-state index contributed by atoms with van der Waals surface area (Å²) < 4.78 is 2.23. The quantitative estimate of drug-likeness (QED) is 0.543. The van der Waals surface area contributed by atoms with Crippen LogP contribution in [0.2, 0.25) is 0 Å². The van der Waals surface area contributed by atoms with Crippen molar-refractivity contribution in [2.75, 3.05) is 18.0 Å². The minimum absolute atomic E-state index is 0.536. The lowest BCUT2D eigenvalue weighted by Gasteiger charge is -2.33. The van der Waals surface area contributed by atoms with Gasteiger partial charge in [0.05, 0.1) is 11.7 Å². The van der Waals surface area contributed by atoms with Crippen molar-refractivity contribution in [2.24, 2.45) is 0 Å². The van der Waals surface area contributed by atoms with Crippen LogP contribution in [0.1, 0.15) is 18.9 Å². The van der Waals surface area contributed by atoms with Gasteiger partial charge in [0.2, 0.25) is 0 Å². The molecule has 0 unspecified atom stereocenters. The first-order valence-corrected chi connectivity index (χ1v) is 9.72. The maximum absolute atomic E-state index is 4.63. The number of aromatic nitrogens is 4. The summed E-state index contributed by atoms with van der Waals surface area (Å²) in [4.78, 5) is 18.0. The molecule has 5 rings (SSSR count). The van der Waals surface area contributed by atoms with E-state index in [1.54, 1.807) is 17.7 Å². The van der Waals surface area contributed by atoms with Gasteiger partial charge < -0.3 is 9.47 Å². The fraction of sp³-hybridized carbons (Fsp3) is 0.250. The van der Waals surface area contributed by atoms with Crippen molar-refractivity contribution in [2.45, 2.75) is 18.9 Å². The Bertz CT molecular complexity index is 1000. The Morgan fingerprint density at radius 1 is 1.04 bits per heavy atom. The van der Waals surface area contributed by atoms with Gasteiger partial charge in [0.25, 0.3) is 0 Å². The van der Waals surface area contributed by atoms with Crippen molar-refractivity contribution in [1.29, 1.82) is 0 Å². The molecule has 0 saturated carbocycles. The lowest BCUT2D eigenvalue weighted by Crippen LogP contribution is -2.35. The first-order chi connectivity index (χ1) is 12.9. The smallest absolute Gasteiger partial charge is 0.140 e. The molecular formula is C20H19N5S. The third-order valence-corrected chi connectivity index (χ3v) is 6.17. The van der Waals surface area contributed by atoms with Crippen LogP contribution < -0.4 is 4.90 Å². The summed E-state index contributed by atoms with van der Waals surface area (Å²) in [5.74, 6) is 1.07. The monoisotopic (exact) mass is 361 g/mol. The normalized spacial score (nSPS) is 15.6. The van der Waals surface area contributed by atoms with Gasteiger partial charge in [-0.15, -0.1) is 11.3 Å². The van der Waals surface area contributed by atoms with Crippen LogP contribution in [0.3, 0.4) is 0 Å². The zero-order chi connectivity index (χ0) is 17.3. The Balaban J connectivity index is 1.43. The van der Waals surface area contributed by atoms with E-state index in [1.165, 1.54) is 10.4 Å². The predicted molar refractivity (Wildman–Crippen MR) is 106 cm³/mol. The van der Waals surface area contributed by atoms with Gasteiger partial charge in [-0.1, -0.05) is 30.3 Å². The van der Waals surface area contributed by atoms with E-state index in [1.807, 2.05) is 18.6 Å². The Hall–Kier alpha value is -2.73. The number of hydrogen-bond donors (Lipinski definition) is 0. The van der Waals surface area contributed by atoms with E-state index in [0.29, 0.717) is 6.04 Å². The third kappa shape index (κ3) is 2.76. The average molecular weight is 361 g/mol. The summed E-state index contributed by atoms with van der Waals surface area (Å²) in [6, 6.07) is 13.3. The van der Waals surface area contributed by atoms with Crippen molar-refractivity contribution >= 4 is 27.4 Å². The Morgan fingerprint density at radius 2 is 1.88 bits per heavy atom. The van der Waals surface area contributed by atoms with Gasteiger partial charge in [-0.3, -0.25) is 0 Å². The molecule has 1 aromatic carbocycles. The number of hydrogen-bond acceptors (Lipinski definition) is 5. The lowest BCUT2D eigenvalue weighted by atomic mass is 10.0. The van der Waals surface area contributed by atoms with Crippen molar-refractivity contribution < 1.29 is 0 Å². The summed E-state index contributed by atoms with van der Waals surface area (Å²) in [6.45, 7) is 2.01. The number of nitrogens with zero attached hydrogens (tertiary/aromatic N) is 5. The SMILES string of the molecule is c1ccc(-c2cc3c(N4CCC(n5ccnc5)CC4)ncnc3s2)cc1. The number of benzene rings is 1. The summed E-state index contributed by atoms with van der Waals surface area (Å²) in [6.07, 6.45) is 9.76. The Kier molecular flexibility index (Phi) is 3.90. The molecule has 0 spiro atoms. The molecular weight excluding hydrogens is 342 g/mol. The predicted octanol–water partition coefficient (Wildman–Crippen LogP) is 4.40. The Labute approximate surface area is 156 Å². The molecule has 1 aliphatic heterocycles. The molecule has 1 saturated heterocycles. The van der Waals surface area contributed by atoms with Crippen molar-refractivity contribution in [3.05, 3.63) is 61.4 Å². The van der Waals surface area contributed by atoms with Crippen LogP contribution in [-0.2, 0) is 0 Å². The third-order valence-electron chi connectivity index (χ3n) is 5.08. The number of anilines is 1. The van der Waals surface area contributed by atoms with E-state index < -0.39 is 0 Å². The molecule has 1 aliphatic rings. The fourth-order valence-electron chi connectivity index (χ4n) is 3.70. The molecule has 0 bridgehead atoms. The summed E-state index contributed by atoms with van der Waals surface area (Å²) in [5, 5.41) is 1.16. The lowest BCUT2D eigenvalue weighted by molar-refractivity contribution is 0.395. The number of fused-ring (bicyclic) bond motifs is 1. The van der Waals surface area contributed by atoms with Crippen LogP contribution in [0.15, 0.2) is 61.4 Å². The van der Waals surface area contributed by atoms with Crippen LogP contribution in [-0.4, -0.2) is 32.6 Å². The second-order valence-corrected chi connectivity index (χ2v) is 7.65. The van der Waals surface area contributed by atoms with Crippen molar-refractivity contribution in [1.82, 2.24) is 19.5 Å². The molecule has 0 atom stereocenters. The van der Waals surface area contributed by atoms with Crippen LogP contribution in [0.5, 0.6) is 0 Å². The van der Waals surface area contributed by atoms with Gasteiger partial charge in [-0.05, 0) is 24.5 Å². The van der Waals surface area contributed by atoms with Gasteiger partial charge in [-0.2, -0.15) is 0 Å². The molecule has 5 nitrogen and oxygen atoms in total. The van der Waals surface area contributed by atoms with Gasteiger partial charge in [0.15, 0.2) is 0 Å². The summed E-state index contributed by atoms with van der Waals surface area (Å²) in [5.41, 5.74) is 1.24. The highest BCUT2D eigenvalue weighted by Crippen LogP contribution is 2.37. The fourth-order valence-corrected chi connectivity index (χ4v) is 4.70. The first kappa shape index (κ1) is 15.5. The van der Waals surface area contributed by atoms with Crippen LogP contribution in [0, 0.1) is 0 Å². The zero-order valence-electron chi connectivity index (χ0n) is 14.3. The minimum atomic E-state index is 0.536. The van der Waals surface area contributed by atoms with E-state index in [-0.39, 0.29) is 0 Å². The molecule has 26 heavy (non-hydrogen) atoms. The van der Waals surface area contributed by atoms with Crippen molar-refractivity contribution in [3.8, 4) is 10.4 Å². The van der Waals surface area contributed by atoms with E-state index in [0.717, 1.165) is 42.0 Å². The Morgan fingerprint density at radius 3 is 2.65 bits per heavy atom. The van der Waals surface area contributed by atoms with Gasteiger partial charge in [0.1, 0.15) is 17.0 Å². The number of thiophene rings is 1. The number of rotatable bonds is 3. The van der Waals surface area contributed by atoms with E-state index in [4.69, 9.17) is 0 Å². The molecule has 4 heterocycles. The maximum atomic E-state index is 4.63. The molecule has 6 heteroatoms. The molecule has 0 N–H and O–H groups in total. The van der Waals surface area contributed by atoms with Gasteiger partial charge in [0, 0.05) is 36.4 Å². The second kappa shape index (κ2) is 6.53.